The van der Waals surface area contributed by atoms with Crippen molar-refractivity contribution < 1.29 is 9.47 Å². The van der Waals surface area contributed by atoms with E-state index in [0.29, 0.717) is 12.2 Å². The molecule has 0 radical (unpaired) electrons. The van der Waals surface area contributed by atoms with Crippen LogP contribution in [0.3, 0.4) is 0 Å². The Morgan fingerprint density at radius 1 is 1.36 bits per heavy atom. The minimum Gasteiger partial charge on any atom is -0.376 e. The maximum absolute atomic E-state index is 6.09. The van der Waals surface area contributed by atoms with Gasteiger partial charge in [0.2, 0.25) is 0 Å². The fraction of sp³-hybridized carbons (Fsp3) is 0.722. The van der Waals surface area contributed by atoms with Gasteiger partial charge in [0.15, 0.2) is 5.96 Å². The van der Waals surface area contributed by atoms with Crippen molar-refractivity contribution >= 4 is 28.9 Å². The van der Waals surface area contributed by atoms with Crippen LogP contribution in [0.2, 0.25) is 4.34 Å². The molecule has 2 aliphatic rings. The number of thiophene rings is 1. The van der Waals surface area contributed by atoms with Gasteiger partial charge < -0.3 is 19.7 Å². The molecule has 2 aliphatic heterocycles. The molecular weight excluding hydrogens is 358 g/mol. The van der Waals surface area contributed by atoms with Gasteiger partial charge in [-0.05, 0) is 44.2 Å². The van der Waals surface area contributed by atoms with Crippen LogP contribution in [0.25, 0.3) is 0 Å². The molecule has 0 aromatic carbocycles. The Labute approximate surface area is 159 Å². The van der Waals surface area contributed by atoms with Crippen LogP contribution in [0.15, 0.2) is 17.1 Å². The van der Waals surface area contributed by atoms with E-state index in [1.54, 1.807) is 11.3 Å². The fourth-order valence-electron chi connectivity index (χ4n) is 3.36. The van der Waals surface area contributed by atoms with E-state index in [1.165, 1.54) is 17.7 Å². The SMILES string of the molecule is CN=C(NCc1ccc(Cl)s1)N1CCC(OCC2CCCCO2)CC1. The number of aliphatic imine (C=N–C) groups is 1. The standard InChI is InChI=1S/C18H28ClN3O2S/c1-20-18(21-12-16-5-6-17(19)25-16)22-9-7-14(8-10-22)24-13-15-4-2-3-11-23-15/h5-6,14-15H,2-4,7-13H2,1H3,(H,20,21). The molecule has 1 unspecified atom stereocenters. The molecule has 0 amide bonds. The highest BCUT2D eigenvalue weighted by Crippen LogP contribution is 2.21. The van der Waals surface area contributed by atoms with Crippen LogP contribution in [0.4, 0.5) is 0 Å². The van der Waals surface area contributed by atoms with Gasteiger partial charge in [-0.15, -0.1) is 11.3 Å². The zero-order valence-electron chi connectivity index (χ0n) is 14.9. The van der Waals surface area contributed by atoms with Gasteiger partial charge in [0.1, 0.15) is 0 Å². The van der Waals surface area contributed by atoms with Gasteiger partial charge in [0.05, 0.1) is 29.7 Å². The molecule has 7 heteroatoms. The fourth-order valence-corrected chi connectivity index (χ4v) is 4.39. The third kappa shape index (κ3) is 5.84. The predicted octanol–water partition coefficient (Wildman–Crippen LogP) is 3.53. The van der Waals surface area contributed by atoms with Crippen LogP contribution in [0.1, 0.15) is 37.0 Å². The molecule has 0 saturated carbocycles. The molecule has 2 fully saturated rings. The molecule has 3 heterocycles. The summed E-state index contributed by atoms with van der Waals surface area (Å²) in [7, 11) is 1.84. The first-order chi connectivity index (χ1) is 12.2. The molecule has 3 rings (SSSR count). The summed E-state index contributed by atoms with van der Waals surface area (Å²) in [5, 5.41) is 3.43. The summed E-state index contributed by atoms with van der Waals surface area (Å²) >= 11 is 7.59. The highest BCUT2D eigenvalue weighted by molar-refractivity contribution is 7.16. The third-order valence-electron chi connectivity index (χ3n) is 4.79. The molecule has 1 N–H and O–H groups in total. The molecule has 1 atom stereocenters. The average Bonchev–Trinajstić information content (AvgIpc) is 3.07. The summed E-state index contributed by atoms with van der Waals surface area (Å²) in [5.74, 6) is 0.957. The average molecular weight is 386 g/mol. The number of nitrogens with zero attached hydrogens (tertiary/aromatic N) is 2. The van der Waals surface area contributed by atoms with Crippen molar-refractivity contribution in [3.8, 4) is 0 Å². The van der Waals surface area contributed by atoms with E-state index >= 15 is 0 Å². The second kappa shape index (κ2) is 9.76. The van der Waals surface area contributed by atoms with Gasteiger partial charge in [0.25, 0.3) is 0 Å². The molecule has 1 aromatic rings. The number of hydrogen-bond donors (Lipinski definition) is 1. The number of halogens is 1. The lowest BCUT2D eigenvalue weighted by Gasteiger charge is -2.35. The van der Waals surface area contributed by atoms with Gasteiger partial charge in [0, 0.05) is 31.6 Å². The number of piperidine rings is 1. The summed E-state index contributed by atoms with van der Waals surface area (Å²) < 4.78 is 12.7. The number of ether oxygens (including phenoxy) is 2. The molecule has 2 saturated heterocycles. The zero-order valence-corrected chi connectivity index (χ0v) is 16.5. The van der Waals surface area contributed by atoms with E-state index in [2.05, 4.69) is 21.3 Å². The van der Waals surface area contributed by atoms with Gasteiger partial charge in [-0.1, -0.05) is 11.6 Å². The molecule has 5 nitrogen and oxygen atoms in total. The summed E-state index contributed by atoms with van der Waals surface area (Å²) in [6.07, 6.45) is 6.33. The van der Waals surface area contributed by atoms with Gasteiger partial charge >= 0.3 is 0 Å². The van der Waals surface area contributed by atoms with Crippen molar-refractivity contribution in [3.63, 3.8) is 0 Å². The van der Waals surface area contributed by atoms with Gasteiger partial charge in [-0.2, -0.15) is 0 Å². The first-order valence-corrected chi connectivity index (χ1v) is 10.4. The van der Waals surface area contributed by atoms with Crippen LogP contribution in [0.5, 0.6) is 0 Å². The van der Waals surface area contributed by atoms with E-state index in [4.69, 9.17) is 21.1 Å². The number of guanidine groups is 1. The Bertz CT molecular complexity index is 552. The molecule has 25 heavy (non-hydrogen) atoms. The minimum atomic E-state index is 0.304. The first-order valence-electron chi connectivity index (χ1n) is 9.17. The van der Waals surface area contributed by atoms with Crippen LogP contribution >= 0.6 is 22.9 Å². The zero-order chi connectivity index (χ0) is 17.5. The molecule has 0 spiro atoms. The molecule has 140 valence electrons. The van der Waals surface area contributed by atoms with E-state index in [0.717, 1.165) is 62.4 Å². The smallest absolute Gasteiger partial charge is 0.193 e. The lowest BCUT2D eigenvalue weighted by Crippen LogP contribution is -2.47. The number of hydrogen-bond acceptors (Lipinski definition) is 4. The quantitative estimate of drug-likeness (QED) is 0.622. The highest BCUT2D eigenvalue weighted by atomic mass is 35.5. The Morgan fingerprint density at radius 2 is 2.20 bits per heavy atom. The largest absolute Gasteiger partial charge is 0.376 e. The molecule has 1 aromatic heterocycles. The Hall–Kier alpha value is -0.820. The molecular formula is C18H28ClN3O2S. The number of rotatable bonds is 5. The van der Waals surface area contributed by atoms with Gasteiger partial charge in [-0.25, -0.2) is 0 Å². The summed E-state index contributed by atoms with van der Waals surface area (Å²) in [6, 6.07) is 3.99. The predicted molar refractivity (Wildman–Crippen MR) is 104 cm³/mol. The first kappa shape index (κ1) is 19.0. The van der Waals surface area contributed by atoms with Crippen LogP contribution in [-0.2, 0) is 16.0 Å². The Balaban J connectivity index is 1.37. The molecule has 0 aliphatic carbocycles. The lowest BCUT2D eigenvalue weighted by molar-refractivity contribution is -0.0721. The van der Waals surface area contributed by atoms with Crippen molar-refractivity contribution in [1.29, 1.82) is 0 Å². The second-order valence-corrected chi connectivity index (χ2v) is 8.41. The monoisotopic (exact) mass is 385 g/mol. The normalized spacial score (nSPS) is 23.0. The minimum absolute atomic E-state index is 0.304. The van der Waals surface area contributed by atoms with Crippen molar-refractivity contribution in [2.75, 3.05) is 33.4 Å². The Kier molecular flexibility index (Phi) is 7.40. The van der Waals surface area contributed by atoms with E-state index in [-0.39, 0.29) is 0 Å². The lowest BCUT2D eigenvalue weighted by atomic mass is 10.1. The van der Waals surface area contributed by atoms with Gasteiger partial charge in [-0.3, -0.25) is 4.99 Å². The number of nitrogens with one attached hydrogen (secondary N) is 1. The maximum atomic E-state index is 6.09. The summed E-state index contributed by atoms with van der Waals surface area (Å²) in [5.41, 5.74) is 0. The topological polar surface area (TPSA) is 46.1 Å². The maximum Gasteiger partial charge on any atom is 0.193 e. The van der Waals surface area contributed by atoms with Crippen LogP contribution in [-0.4, -0.2) is 56.4 Å². The van der Waals surface area contributed by atoms with Crippen LogP contribution < -0.4 is 5.32 Å². The van der Waals surface area contributed by atoms with Crippen molar-refractivity contribution in [3.05, 3.63) is 21.3 Å². The van der Waals surface area contributed by atoms with E-state index in [1.807, 2.05) is 13.1 Å². The third-order valence-corrected chi connectivity index (χ3v) is 6.03. The summed E-state index contributed by atoms with van der Waals surface area (Å²) in [4.78, 5) is 7.95. The van der Waals surface area contributed by atoms with Crippen LogP contribution in [0, 0.1) is 0 Å². The Morgan fingerprint density at radius 3 is 2.84 bits per heavy atom. The van der Waals surface area contributed by atoms with E-state index in [9.17, 15) is 0 Å². The molecule has 0 bridgehead atoms. The van der Waals surface area contributed by atoms with Crippen molar-refractivity contribution in [1.82, 2.24) is 10.2 Å². The van der Waals surface area contributed by atoms with E-state index < -0.39 is 0 Å². The second-order valence-electron chi connectivity index (χ2n) is 6.61. The highest BCUT2D eigenvalue weighted by Gasteiger charge is 2.23. The summed E-state index contributed by atoms with van der Waals surface area (Å²) in [6.45, 7) is 4.35. The number of likely N-dealkylation sites (tertiary alicyclic amines) is 1. The van der Waals surface area contributed by atoms with Crippen molar-refractivity contribution in [2.45, 2.75) is 50.9 Å². The van der Waals surface area contributed by atoms with Crippen molar-refractivity contribution in [2.24, 2.45) is 4.99 Å².